The molecule has 0 unspecified atom stereocenters. The summed E-state index contributed by atoms with van der Waals surface area (Å²) in [7, 11) is 3.51. The quantitative estimate of drug-likeness (QED) is 0.400. The summed E-state index contributed by atoms with van der Waals surface area (Å²) in [5.41, 5.74) is 4.77. The maximum atomic E-state index is 13.6. The highest BCUT2D eigenvalue weighted by Crippen LogP contribution is 2.35. The van der Waals surface area contributed by atoms with E-state index in [1.807, 2.05) is 48.3 Å². The van der Waals surface area contributed by atoms with Crippen LogP contribution in [0.3, 0.4) is 0 Å². The zero-order valence-electron chi connectivity index (χ0n) is 19.0. The number of carbonyl (C=O) groups excluding carboxylic acids is 1. The number of amides is 1. The van der Waals surface area contributed by atoms with E-state index in [2.05, 4.69) is 11.6 Å². The summed E-state index contributed by atoms with van der Waals surface area (Å²) in [6, 6.07) is 16.0. The van der Waals surface area contributed by atoms with Gasteiger partial charge in [0.2, 0.25) is 5.91 Å². The summed E-state index contributed by atoms with van der Waals surface area (Å²) >= 11 is 0. The van der Waals surface area contributed by atoms with Gasteiger partial charge < -0.3 is 14.5 Å². The Labute approximate surface area is 196 Å². The van der Waals surface area contributed by atoms with Crippen LogP contribution in [-0.4, -0.2) is 41.2 Å². The molecule has 0 atom stereocenters. The lowest BCUT2D eigenvalue weighted by molar-refractivity contribution is -0.116. The Balaban J connectivity index is 1.49. The van der Waals surface area contributed by atoms with Crippen molar-refractivity contribution in [2.24, 2.45) is 0 Å². The van der Waals surface area contributed by atoms with Crippen LogP contribution in [0.25, 0.3) is 16.9 Å². The third-order valence-electron chi connectivity index (χ3n) is 5.90. The molecule has 0 saturated carbocycles. The highest BCUT2D eigenvalue weighted by molar-refractivity contribution is 5.99. The molecule has 3 heterocycles. The highest BCUT2D eigenvalue weighted by Gasteiger charge is 2.26. The summed E-state index contributed by atoms with van der Waals surface area (Å²) < 4.78 is 21.0. The first-order valence-corrected chi connectivity index (χ1v) is 10.9. The minimum Gasteiger partial charge on any atom is -0.496 e. The summed E-state index contributed by atoms with van der Waals surface area (Å²) in [4.78, 5) is 20.4. The summed E-state index contributed by atoms with van der Waals surface area (Å²) in [6.07, 6.45) is 2.12. The monoisotopic (exact) mass is 457 g/mol. The molecular formula is C26H24FN5O2. The minimum absolute atomic E-state index is 0.0299. The van der Waals surface area contributed by atoms with E-state index < -0.39 is 0 Å². The summed E-state index contributed by atoms with van der Waals surface area (Å²) in [5.74, 6) is 1.10. The van der Waals surface area contributed by atoms with Gasteiger partial charge >= 0.3 is 0 Å². The van der Waals surface area contributed by atoms with E-state index >= 15 is 0 Å². The number of nitrogens with zero attached hydrogens (tertiary/aromatic N) is 5. The molecule has 0 N–H and O–H groups in total. The van der Waals surface area contributed by atoms with Crippen LogP contribution in [0.5, 0.6) is 5.75 Å². The molecule has 1 aliphatic heterocycles. The molecule has 5 rings (SSSR count). The van der Waals surface area contributed by atoms with Gasteiger partial charge in [-0.3, -0.25) is 4.79 Å². The fraction of sp³-hybridized carbons (Fsp3) is 0.192. The Bertz CT molecular complexity index is 1410. The number of methoxy groups -OCH3 is 1. The summed E-state index contributed by atoms with van der Waals surface area (Å²) in [6.45, 7) is 4.95. The van der Waals surface area contributed by atoms with E-state index in [1.165, 1.54) is 12.1 Å². The number of imidazole rings is 1. The third kappa shape index (κ3) is 3.98. The lowest BCUT2D eigenvalue weighted by atomic mass is 10.1. The molecule has 0 radical (unpaired) electrons. The number of hydrogen-bond acceptors (Lipinski definition) is 5. The number of carbonyl (C=O) groups is 1. The second kappa shape index (κ2) is 8.62. The van der Waals surface area contributed by atoms with Crippen molar-refractivity contribution in [2.45, 2.75) is 13.0 Å². The van der Waals surface area contributed by atoms with Crippen LogP contribution in [0.2, 0.25) is 0 Å². The van der Waals surface area contributed by atoms with Gasteiger partial charge in [0, 0.05) is 43.9 Å². The first-order valence-electron chi connectivity index (χ1n) is 10.9. The van der Waals surface area contributed by atoms with E-state index in [4.69, 9.17) is 9.84 Å². The van der Waals surface area contributed by atoms with Crippen molar-refractivity contribution in [3.05, 3.63) is 84.3 Å². The number of fused-ring (bicyclic) bond motifs is 1. The first-order chi connectivity index (χ1) is 16.4. The van der Waals surface area contributed by atoms with E-state index in [9.17, 15) is 9.18 Å². The van der Waals surface area contributed by atoms with Gasteiger partial charge in [-0.15, -0.1) is 5.10 Å². The van der Waals surface area contributed by atoms with Gasteiger partial charge in [0.15, 0.2) is 5.65 Å². The van der Waals surface area contributed by atoms with Gasteiger partial charge in [0.05, 0.1) is 19.0 Å². The van der Waals surface area contributed by atoms with Crippen molar-refractivity contribution in [3.8, 4) is 17.0 Å². The predicted octanol–water partition coefficient (Wildman–Crippen LogP) is 4.47. The molecule has 0 aliphatic carbocycles. The maximum absolute atomic E-state index is 13.6. The zero-order chi connectivity index (χ0) is 23.8. The van der Waals surface area contributed by atoms with Gasteiger partial charge in [-0.25, -0.2) is 13.9 Å². The smallest absolute Gasteiger partial charge is 0.231 e. The molecule has 2 aromatic heterocycles. The Morgan fingerprint density at radius 1 is 1.18 bits per heavy atom. The number of rotatable bonds is 6. The summed E-state index contributed by atoms with van der Waals surface area (Å²) in [5, 5.41) is 4.78. The molecule has 7 nitrogen and oxygen atoms in total. The van der Waals surface area contributed by atoms with Crippen LogP contribution in [0.1, 0.15) is 12.0 Å². The molecule has 1 saturated heterocycles. The SMILES string of the molecule is C=C1CC(=O)N(c2ccc(-c3cnc4ccc(N(C)Cc5cccc(F)c5)nn34)c(OC)c2)C1. The van der Waals surface area contributed by atoms with Crippen molar-refractivity contribution < 1.29 is 13.9 Å². The number of benzene rings is 2. The molecule has 34 heavy (non-hydrogen) atoms. The van der Waals surface area contributed by atoms with Gasteiger partial charge in [0.1, 0.15) is 17.4 Å². The molecular weight excluding hydrogens is 433 g/mol. The van der Waals surface area contributed by atoms with E-state index in [0.29, 0.717) is 36.7 Å². The Kier molecular flexibility index (Phi) is 5.49. The van der Waals surface area contributed by atoms with Gasteiger partial charge in [-0.1, -0.05) is 18.7 Å². The molecule has 2 aromatic carbocycles. The highest BCUT2D eigenvalue weighted by atomic mass is 19.1. The molecule has 1 fully saturated rings. The van der Waals surface area contributed by atoms with Crippen LogP contribution in [0.4, 0.5) is 15.9 Å². The number of hydrogen-bond donors (Lipinski definition) is 0. The van der Waals surface area contributed by atoms with Gasteiger partial charge in [-0.05, 0) is 47.5 Å². The van der Waals surface area contributed by atoms with Gasteiger partial charge in [-0.2, -0.15) is 0 Å². The van der Waals surface area contributed by atoms with Crippen LogP contribution in [0, 0.1) is 5.82 Å². The Morgan fingerprint density at radius 2 is 2.03 bits per heavy atom. The average Bonchev–Trinajstić information content (AvgIpc) is 3.40. The molecule has 172 valence electrons. The lowest BCUT2D eigenvalue weighted by Crippen LogP contribution is -2.23. The van der Waals surface area contributed by atoms with Crippen molar-refractivity contribution in [2.75, 3.05) is 30.5 Å². The maximum Gasteiger partial charge on any atom is 0.231 e. The molecule has 0 spiro atoms. The van der Waals surface area contributed by atoms with E-state index in [-0.39, 0.29) is 11.7 Å². The second-order valence-electron chi connectivity index (χ2n) is 8.38. The predicted molar refractivity (Wildman–Crippen MR) is 130 cm³/mol. The number of aromatic nitrogens is 3. The van der Waals surface area contributed by atoms with Gasteiger partial charge in [0.25, 0.3) is 0 Å². The van der Waals surface area contributed by atoms with Crippen molar-refractivity contribution >= 4 is 23.1 Å². The molecule has 4 aromatic rings. The fourth-order valence-corrected chi connectivity index (χ4v) is 4.21. The average molecular weight is 458 g/mol. The van der Waals surface area contributed by atoms with E-state index in [1.54, 1.807) is 28.8 Å². The zero-order valence-corrected chi connectivity index (χ0v) is 19.0. The number of ether oxygens (including phenoxy) is 1. The minimum atomic E-state index is -0.262. The first kappa shape index (κ1) is 21.6. The molecule has 1 aliphatic rings. The Hall–Kier alpha value is -4.20. The third-order valence-corrected chi connectivity index (χ3v) is 5.90. The van der Waals surface area contributed by atoms with E-state index in [0.717, 1.165) is 28.1 Å². The molecule has 1 amide bonds. The topological polar surface area (TPSA) is 63.0 Å². The van der Waals surface area contributed by atoms with Crippen LogP contribution >= 0.6 is 0 Å². The normalized spacial score (nSPS) is 13.7. The van der Waals surface area contributed by atoms with Crippen LogP contribution in [-0.2, 0) is 11.3 Å². The molecule has 0 bridgehead atoms. The number of anilines is 2. The van der Waals surface area contributed by atoms with Crippen molar-refractivity contribution in [3.63, 3.8) is 0 Å². The van der Waals surface area contributed by atoms with Crippen LogP contribution < -0.4 is 14.5 Å². The standard InChI is InChI=1S/C26H24FN5O2/c1-17-11-26(33)31(15-17)20-7-8-21(23(13-20)34-3)22-14-28-24-9-10-25(29-32(22)24)30(2)16-18-5-4-6-19(27)12-18/h4-10,12-14H,1,11,15-16H2,2-3H3. The Morgan fingerprint density at radius 3 is 2.76 bits per heavy atom. The van der Waals surface area contributed by atoms with Crippen molar-refractivity contribution in [1.82, 2.24) is 14.6 Å². The van der Waals surface area contributed by atoms with Crippen LogP contribution in [0.15, 0.2) is 72.9 Å². The van der Waals surface area contributed by atoms with Crippen molar-refractivity contribution in [1.29, 1.82) is 0 Å². The largest absolute Gasteiger partial charge is 0.496 e. The fourth-order valence-electron chi connectivity index (χ4n) is 4.21. The number of halogens is 1. The lowest BCUT2D eigenvalue weighted by Gasteiger charge is -2.19. The molecule has 8 heteroatoms. The second-order valence-corrected chi connectivity index (χ2v) is 8.38.